The van der Waals surface area contributed by atoms with Crippen LogP contribution >= 0.6 is 0 Å². The van der Waals surface area contributed by atoms with Crippen LogP contribution in [0.25, 0.3) is 0 Å². The van der Waals surface area contributed by atoms with Gasteiger partial charge in [0, 0.05) is 12.1 Å². The number of hydrogen-bond acceptors (Lipinski definition) is 2. The van der Waals surface area contributed by atoms with Crippen molar-refractivity contribution < 1.29 is 4.79 Å². The quantitative estimate of drug-likeness (QED) is 0.749. The summed E-state index contributed by atoms with van der Waals surface area (Å²) in [5.74, 6) is 0.518. The van der Waals surface area contributed by atoms with Crippen LogP contribution in [0.15, 0.2) is 0 Å². The van der Waals surface area contributed by atoms with Gasteiger partial charge in [0.15, 0.2) is 0 Å². The molecule has 0 saturated heterocycles. The van der Waals surface area contributed by atoms with E-state index in [-0.39, 0.29) is 17.4 Å². The minimum Gasteiger partial charge on any atom is -0.350 e. The summed E-state index contributed by atoms with van der Waals surface area (Å²) in [5.41, 5.74) is 5.82. The van der Waals surface area contributed by atoms with Crippen molar-refractivity contribution in [1.29, 1.82) is 0 Å². The maximum atomic E-state index is 12.3. The third-order valence-corrected chi connectivity index (χ3v) is 4.55. The van der Waals surface area contributed by atoms with Crippen LogP contribution in [0, 0.1) is 11.8 Å². The van der Waals surface area contributed by atoms with Crippen LogP contribution in [0.5, 0.6) is 0 Å². The summed E-state index contributed by atoms with van der Waals surface area (Å²) < 4.78 is 0. The van der Waals surface area contributed by atoms with Gasteiger partial charge in [0.1, 0.15) is 0 Å². The zero-order chi connectivity index (χ0) is 12.9. The molecular formula is C14H28N2O. The molecule has 0 heterocycles. The lowest BCUT2D eigenvalue weighted by Gasteiger charge is -2.32. The average molecular weight is 240 g/mol. The van der Waals surface area contributed by atoms with E-state index in [1.165, 1.54) is 12.8 Å². The molecule has 0 radical (unpaired) electrons. The second kappa shape index (κ2) is 6.39. The molecule has 0 spiro atoms. The summed E-state index contributed by atoms with van der Waals surface area (Å²) in [6.45, 7) is 6.86. The number of rotatable bonds is 6. The molecule has 0 aromatic carbocycles. The van der Waals surface area contributed by atoms with Crippen LogP contribution < -0.4 is 11.1 Å². The predicted molar refractivity (Wildman–Crippen MR) is 71.6 cm³/mol. The number of carbonyl (C=O) groups is 1. The number of nitrogens with two attached hydrogens (primary N) is 1. The molecule has 1 fully saturated rings. The molecule has 3 nitrogen and oxygen atoms in total. The van der Waals surface area contributed by atoms with Crippen molar-refractivity contribution in [3.63, 3.8) is 0 Å². The van der Waals surface area contributed by atoms with Crippen molar-refractivity contribution in [2.75, 3.05) is 6.54 Å². The van der Waals surface area contributed by atoms with E-state index in [4.69, 9.17) is 5.73 Å². The van der Waals surface area contributed by atoms with Crippen molar-refractivity contribution >= 4 is 5.91 Å². The van der Waals surface area contributed by atoms with Gasteiger partial charge in [0.25, 0.3) is 0 Å². The fourth-order valence-corrected chi connectivity index (χ4v) is 2.86. The van der Waals surface area contributed by atoms with Gasteiger partial charge in [0.2, 0.25) is 5.91 Å². The largest absolute Gasteiger partial charge is 0.350 e. The number of hydrogen-bond donors (Lipinski definition) is 2. The van der Waals surface area contributed by atoms with Gasteiger partial charge in [-0.25, -0.2) is 0 Å². The molecule has 1 aliphatic carbocycles. The van der Waals surface area contributed by atoms with Gasteiger partial charge in [-0.3, -0.25) is 4.79 Å². The summed E-state index contributed by atoms with van der Waals surface area (Å²) in [4.78, 5) is 12.3. The first-order chi connectivity index (χ1) is 8.08. The van der Waals surface area contributed by atoms with E-state index < -0.39 is 0 Å². The molecule has 17 heavy (non-hydrogen) atoms. The van der Waals surface area contributed by atoms with E-state index in [1.54, 1.807) is 0 Å². The minimum atomic E-state index is -0.0241. The first-order valence-corrected chi connectivity index (χ1v) is 7.10. The zero-order valence-electron chi connectivity index (χ0n) is 11.6. The SMILES string of the molecule is CCC(C)C(CN)C(=O)NC1(CC)CCCC1. The Hall–Kier alpha value is -0.570. The molecule has 1 rings (SSSR count). The summed E-state index contributed by atoms with van der Waals surface area (Å²) >= 11 is 0. The van der Waals surface area contributed by atoms with Gasteiger partial charge in [-0.2, -0.15) is 0 Å². The standard InChI is InChI=1S/C14H28N2O/c1-4-11(3)12(10-15)13(17)16-14(5-2)8-6-7-9-14/h11-12H,4-10,15H2,1-3H3,(H,16,17). The highest BCUT2D eigenvalue weighted by molar-refractivity contribution is 5.80. The summed E-state index contributed by atoms with van der Waals surface area (Å²) in [6.07, 6.45) is 6.79. The Labute approximate surface area is 106 Å². The molecule has 0 aliphatic heterocycles. The molecule has 1 saturated carbocycles. The van der Waals surface area contributed by atoms with Crippen molar-refractivity contribution in [3.8, 4) is 0 Å². The van der Waals surface area contributed by atoms with Gasteiger partial charge in [-0.15, -0.1) is 0 Å². The van der Waals surface area contributed by atoms with E-state index in [2.05, 4.69) is 26.1 Å². The third kappa shape index (κ3) is 3.44. The molecule has 2 unspecified atom stereocenters. The summed E-state index contributed by atoms with van der Waals surface area (Å²) in [5, 5.41) is 3.29. The van der Waals surface area contributed by atoms with Gasteiger partial charge >= 0.3 is 0 Å². The lowest BCUT2D eigenvalue weighted by molar-refractivity contribution is -0.128. The maximum Gasteiger partial charge on any atom is 0.225 e. The van der Waals surface area contributed by atoms with Crippen LogP contribution in [0.2, 0.25) is 0 Å². The highest BCUT2D eigenvalue weighted by Gasteiger charge is 2.35. The van der Waals surface area contributed by atoms with E-state index in [0.717, 1.165) is 25.7 Å². The average Bonchev–Trinajstić information content (AvgIpc) is 2.78. The molecule has 2 atom stereocenters. The first kappa shape index (κ1) is 14.5. The fraction of sp³-hybridized carbons (Fsp3) is 0.929. The van der Waals surface area contributed by atoms with Gasteiger partial charge in [-0.05, 0) is 25.2 Å². The lowest BCUT2D eigenvalue weighted by Crippen LogP contribution is -2.50. The van der Waals surface area contributed by atoms with Crippen LogP contribution in [-0.4, -0.2) is 18.0 Å². The third-order valence-electron chi connectivity index (χ3n) is 4.55. The van der Waals surface area contributed by atoms with Crippen molar-refractivity contribution in [1.82, 2.24) is 5.32 Å². The van der Waals surface area contributed by atoms with E-state index in [0.29, 0.717) is 12.5 Å². The molecule has 3 heteroatoms. The Morgan fingerprint density at radius 2 is 1.94 bits per heavy atom. The molecule has 1 aliphatic rings. The second-order valence-electron chi connectivity index (χ2n) is 5.56. The highest BCUT2D eigenvalue weighted by atomic mass is 16.2. The number of carbonyl (C=O) groups excluding carboxylic acids is 1. The van der Waals surface area contributed by atoms with E-state index >= 15 is 0 Å². The van der Waals surface area contributed by atoms with Gasteiger partial charge in [0.05, 0.1) is 5.92 Å². The molecule has 0 aromatic rings. The zero-order valence-corrected chi connectivity index (χ0v) is 11.6. The summed E-state index contributed by atoms with van der Waals surface area (Å²) in [6, 6.07) is 0. The minimum absolute atomic E-state index is 0.0241. The second-order valence-corrected chi connectivity index (χ2v) is 5.56. The fourth-order valence-electron chi connectivity index (χ4n) is 2.86. The normalized spacial score (nSPS) is 22.1. The molecule has 0 bridgehead atoms. The highest BCUT2D eigenvalue weighted by Crippen LogP contribution is 2.33. The predicted octanol–water partition coefficient (Wildman–Crippen LogP) is 2.45. The molecule has 3 N–H and O–H groups in total. The summed E-state index contributed by atoms with van der Waals surface area (Å²) in [7, 11) is 0. The van der Waals surface area contributed by atoms with E-state index in [1.807, 2.05) is 0 Å². The van der Waals surface area contributed by atoms with Crippen molar-refractivity contribution in [2.24, 2.45) is 17.6 Å². The Morgan fingerprint density at radius 1 is 1.35 bits per heavy atom. The lowest BCUT2D eigenvalue weighted by atomic mass is 9.88. The molecule has 100 valence electrons. The Kier molecular flexibility index (Phi) is 5.44. The number of amides is 1. The molecule has 0 aromatic heterocycles. The Morgan fingerprint density at radius 3 is 2.35 bits per heavy atom. The van der Waals surface area contributed by atoms with Crippen LogP contribution in [0.4, 0.5) is 0 Å². The Balaban J connectivity index is 2.62. The van der Waals surface area contributed by atoms with Crippen LogP contribution in [-0.2, 0) is 4.79 Å². The van der Waals surface area contributed by atoms with Crippen LogP contribution in [0.3, 0.4) is 0 Å². The topological polar surface area (TPSA) is 55.1 Å². The van der Waals surface area contributed by atoms with Gasteiger partial charge in [-0.1, -0.05) is 40.0 Å². The van der Waals surface area contributed by atoms with Crippen molar-refractivity contribution in [3.05, 3.63) is 0 Å². The smallest absolute Gasteiger partial charge is 0.225 e. The molecule has 1 amide bonds. The first-order valence-electron chi connectivity index (χ1n) is 7.10. The van der Waals surface area contributed by atoms with Crippen molar-refractivity contribution in [2.45, 2.75) is 64.8 Å². The molecular weight excluding hydrogens is 212 g/mol. The van der Waals surface area contributed by atoms with Crippen LogP contribution in [0.1, 0.15) is 59.3 Å². The monoisotopic (exact) mass is 240 g/mol. The maximum absolute atomic E-state index is 12.3. The number of nitrogens with one attached hydrogen (secondary N) is 1. The Bertz CT molecular complexity index is 247. The van der Waals surface area contributed by atoms with Gasteiger partial charge < -0.3 is 11.1 Å². The van der Waals surface area contributed by atoms with E-state index in [9.17, 15) is 4.79 Å².